The molecule has 2 heterocycles. The summed E-state index contributed by atoms with van der Waals surface area (Å²) in [4.78, 5) is 2.35. The van der Waals surface area contributed by atoms with Gasteiger partial charge in [0.2, 0.25) is 0 Å². The van der Waals surface area contributed by atoms with E-state index in [-0.39, 0.29) is 5.41 Å². The fraction of sp³-hybridized carbons (Fsp3) is 0.0588. The normalized spacial score (nSPS) is 13.1. The van der Waals surface area contributed by atoms with Crippen LogP contribution in [-0.2, 0) is 5.41 Å². The van der Waals surface area contributed by atoms with Gasteiger partial charge >= 0.3 is 0 Å². The van der Waals surface area contributed by atoms with Gasteiger partial charge in [-0.3, -0.25) is 0 Å². The Kier molecular flexibility index (Phi) is 6.80. The van der Waals surface area contributed by atoms with Crippen molar-refractivity contribution in [2.45, 2.75) is 19.3 Å². The molecule has 1 aliphatic carbocycles. The molecule has 54 heavy (non-hydrogen) atoms. The number of aromatic nitrogens is 1. The van der Waals surface area contributed by atoms with Gasteiger partial charge in [-0.25, -0.2) is 0 Å². The predicted molar refractivity (Wildman–Crippen MR) is 231 cm³/mol. The number of rotatable bonds is 5. The van der Waals surface area contributed by atoms with Crippen molar-refractivity contribution >= 4 is 70.4 Å². The lowest BCUT2D eigenvalue weighted by atomic mass is 9.81. The molecule has 0 spiro atoms. The van der Waals surface area contributed by atoms with Crippen LogP contribution in [0, 0.1) is 0 Å². The summed E-state index contributed by atoms with van der Waals surface area (Å²) < 4.78 is 5.12. The van der Waals surface area contributed by atoms with E-state index in [0.717, 1.165) is 22.7 Å². The number of para-hydroxylation sites is 2. The molecule has 0 aliphatic heterocycles. The minimum Gasteiger partial charge on any atom is -0.310 e. The fourth-order valence-electron chi connectivity index (χ4n) is 9.00. The number of hydrogen-bond acceptors (Lipinski definition) is 2. The molecule has 0 saturated heterocycles. The fourth-order valence-corrected chi connectivity index (χ4v) is 10.1. The second-order valence-electron chi connectivity index (χ2n) is 15.0. The topological polar surface area (TPSA) is 8.17 Å². The number of anilines is 3. The highest BCUT2D eigenvalue weighted by atomic mass is 32.1. The van der Waals surface area contributed by atoms with Crippen LogP contribution in [0.1, 0.15) is 25.0 Å². The molecule has 0 N–H and O–H groups in total. The number of benzene rings is 8. The molecule has 10 aromatic rings. The first-order chi connectivity index (χ1) is 26.5. The summed E-state index contributed by atoms with van der Waals surface area (Å²) in [6, 6.07) is 66.9. The van der Waals surface area contributed by atoms with E-state index >= 15 is 0 Å². The summed E-state index contributed by atoms with van der Waals surface area (Å²) >= 11 is 1.88. The van der Waals surface area contributed by atoms with Crippen molar-refractivity contribution in [3.8, 4) is 27.9 Å². The van der Waals surface area contributed by atoms with Crippen molar-refractivity contribution in [1.82, 2.24) is 4.57 Å². The van der Waals surface area contributed by atoms with E-state index in [1.54, 1.807) is 0 Å². The third-order valence-corrected chi connectivity index (χ3v) is 12.7. The molecular weight excluding hydrogens is 673 g/mol. The van der Waals surface area contributed by atoms with Gasteiger partial charge in [-0.2, -0.15) is 0 Å². The molecular formula is C51H36N2S. The Morgan fingerprint density at radius 3 is 1.91 bits per heavy atom. The maximum absolute atomic E-state index is 2.50. The molecule has 0 fully saturated rings. The first kappa shape index (κ1) is 31.1. The predicted octanol–water partition coefficient (Wildman–Crippen LogP) is 14.6. The first-order valence-electron chi connectivity index (χ1n) is 18.7. The SMILES string of the molecule is CC1(C)c2ccccc2-c2ccc(-c3ccc(-n4c5ccc(N(c6ccccc6)c6ccccc6)cc5c5ccc6sc7ccccc7c6c54)cc3)cc21. The lowest BCUT2D eigenvalue weighted by Gasteiger charge is -2.25. The Hall–Kier alpha value is -6.42. The van der Waals surface area contributed by atoms with Gasteiger partial charge in [-0.1, -0.05) is 123 Å². The summed E-state index contributed by atoms with van der Waals surface area (Å²) in [5.41, 5.74) is 15.0. The molecule has 1 aliphatic rings. The Balaban J connectivity index is 1.11. The van der Waals surface area contributed by atoms with Crippen LogP contribution >= 0.6 is 11.3 Å². The number of nitrogens with zero attached hydrogens (tertiary/aromatic N) is 2. The van der Waals surface area contributed by atoms with Crippen LogP contribution in [0.5, 0.6) is 0 Å². The van der Waals surface area contributed by atoms with Crippen LogP contribution in [0.3, 0.4) is 0 Å². The zero-order valence-electron chi connectivity index (χ0n) is 30.1. The molecule has 0 unspecified atom stereocenters. The summed E-state index contributed by atoms with van der Waals surface area (Å²) in [7, 11) is 0. The van der Waals surface area contributed by atoms with Crippen LogP contribution < -0.4 is 4.90 Å². The van der Waals surface area contributed by atoms with Crippen LogP contribution in [0.2, 0.25) is 0 Å². The molecule has 2 aromatic heterocycles. The molecule has 11 rings (SSSR count). The highest BCUT2D eigenvalue weighted by molar-refractivity contribution is 7.26. The van der Waals surface area contributed by atoms with Crippen LogP contribution in [0.15, 0.2) is 182 Å². The zero-order valence-corrected chi connectivity index (χ0v) is 30.9. The third kappa shape index (κ3) is 4.58. The summed E-state index contributed by atoms with van der Waals surface area (Å²) in [5, 5.41) is 5.12. The molecule has 256 valence electrons. The summed E-state index contributed by atoms with van der Waals surface area (Å²) in [6.45, 7) is 4.71. The highest BCUT2D eigenvalue weighted by Gasteiger charge is 2.35. The quantitative estimate of drug-likeness (QED) is 0.173. The van der Waals surface area contributed by atoms with Gasteiger partial charge in [0.15, 0.2) is 0 Å². The maximum Gasteiger partial charge on any atom is 0.0634 e. The van der Waals surface area contributed by atoms with Gasteiger partial charge in [0.25, 0.3) is 0 Å². The molecule has 0 radical (unpaired) electrons. The Morgan fingerprint density at radius 1 is 0.463 bits per heavy atom. The van der Waals surface area contributed by atoms with Crippen molar-refractivity contribution in [2.24, 2.45) is 0 Å². The molecule has 0 atom stereocenters. The van der Waals surface area contributed by atoms with E-state index < -0.39 is 0 Å². The maximum atomic E-state index is 2.50. The zero-order chi connectivity index (χ0) is 36.0. The van der Waals surface area contributed by atoms with E-state index in [2.05, 4.69) is 205 Å². The van der Waals surface area contributed by atoms with Crippen molar-refractivity contribution in [2.75, 3.05) is 4.90 Å². The van der Waals surface area contributed by atoms with Gasteiger partial charge < -0.3 is 9.47 Å². The van der Waals surface area contributed by atoms with E-state index in [0.29, 0.717) is 0 Å². The van der Waals surface area contributed by atoms with Crippen molar-refractivity contribution in [3.63, 3.8) is 0 Å². The minimum absolute atomic E-state index is 0.0328. The van der Waals surface area contributed by atoms with E-state index in [4.69, 9.17) is 0 Å². The monoisotopic (exact) mass is 708 g/mol. The van der Waals surface area contributed by atoms with Gasteiger partial charge in [0, 0.05) is 59.1 Å². The second-order valence-corrected chi connectivity index (χ2v) is 16.0. The van der Waals surface area contributed by atoms with Gasteiger partial charge in [-0.05, 0) is 106 Å². The van der Waals surface area contributed by atoms with Gasteiger partial charge in [-0.15, -0.1) is 11.3 Å². The molecule has 3 heteroatoms. The Morgan fingerprint density at radius 2 is 1.13 bits per heavy atom. The number of fused-ring (bicyclic) bond motifs is 10. The molecule has 2 nitrogen and oxygen atoms in total. The van der Waals surface area contributed by atoms with Gasteiger partial charge in [0.1, 0.15) is 0 Å². The lowest BCUT2D eigenvalue weighted by molar-refractivity contribution is 0.660. The van der Waals surface area contributed by atoms with Crippen molar-refractivity contribution in [3.05, 3.63) is 193 Å². The van der Waals surface area contributed by atoms with Crippen LogP contribution in [0.25, 0.3) is 69.9 Å². The molecule has 0 bridgehead atoms. The van der Waals surface area contributed by atoms with Crippen LogP contribution in [0.4, 0.5) is 17.1 Å². The summed E-state index contributed by atoms with van der Waals surface area (Å²) in [6.07, 6.45) is 0. The van der Waals surface area contributed by atoms with Gasteiger partial charge in [0.05, 0.1) is 11.0 Å². The first-order valence-corrected chi connectivity index (χ1v) is 19.5. The number of hydrogen-bond donors (Lipinski definition) is 0. The molecule has 8 aromatic carbocycles. The minimum atomic E-state index is -0.0328. The largest absolute Gasteiger partial charge is 0.310 e. The second kappa shape index (κ2) is 11.8. The molecule has 0 amide bonds. The summed E-state index contributed by atoms with van der Waals surface area (Å²) in [5.74, 6) is 0. The third-order valence-electron chi connectivity index (χ3n) is 11.6. The van der Waals surface area contributed by atoms with E-state index in [1.165, 1.54) is 75.4 Å². The Labute approximate surface area is 318 Å². The smallest absolute Gasteiger partial charge is 0.0634 e. The average molecular weight is 709 g/mol. The van der Waals surface area contributed by atoms with E-state index in [9.17, 15) is 0 Å². The number of thiophene rings is 1. The average Bonchev–Trinajstić information content (AvgIpc) is 3.84. The van der Waals surface area contributed by atoms with E-state index in [1.807, 2.05) is 11.3 Å². The lowest BCUT2D eigenvalue weighted by Crippen LogP contribution is -2.14. The van der Waals surface area contributed by atoms with Crippen molar-refractivity contribution < 1.29 is 0 Å². The van der Waals surface area contributed by atoms with Crippen LogP contribution in [-0.4, -0.2) is 4.57 Å². The standard InChI is InChI=1S/C51H36N2S/c1-51(2)44-19-11-9-17-39(44)40-27-23-34(31-45(40)51)33-21-24-37(25-22-33)53-46-29-26-38(52(35-13-5-3-6-14-35)36-15-7-4-8-16-36)32-43(46)41-28-30-48-49(50(41)53)42-18-10-12-20-47(42)54-48/h3-32H,1-2H3. The highest BCUT2D eigenvalue weighted by Crippen LogP contribution is 2.50. The van der Waals surface area contributed by atoms with Crippen molar-refractivity contribution in [1.29, 1.82) is 0 Å². The Bertz CT molecular complexity index is 3020. The molecule has 0 saturated carbocycles.